The lowest BCUT2D eigenvalue weighted by Gasteiger charge is -2.14. The van der Waals surface area contributed by atoms with Gasteiger partial charge in [0.2, 0.25) is 5.82 Å². The van der Waals surface area contributed by atoms with Crippen LogP contribution in [0.4, 0.5) is 5.82 Å². The zero-order valence-electron chi connectivity index (χ0n) is 17.1. The normalized spacial score (nSPS) is 10.8. The maximum absolute atomic E-state index is 12.4. The van der Waals surface area contributed by atoms with E-state index in [-0.39, 0.29) is 18.3 Å². The van der Waals surface area contributed by atoms with Gasteiger partial charge in [0.15, 0.2) is 12.3 Å². The lowest BCUT2D eigenvalue weighted by molar-refractivity contribution is -0.118. The minimum absolute atomic E-state index is 0.140. The monoisotopic (exact) mass is 395 g/mol. The third-order valence-corrected chi connectivity index (χ3v) is 4.33. The molecule has 3 rings (SSSR count). The van der Waals surface area contributed by atoms with Crippen LogP contribution in [0, 0.1) is 6.92 Å². The number of hydrogen-bond donors (Lipinski definition) is 1. The standard InChI is InChI=1S/C22H25N3O4/c1-5-27-17-9-7-16(8-10-17)21-22(25-29-24-21)23-20(26)13-28-19-12-15(4)6-11-18(19)14(2)3/h6-12,14H,5,13H2,1-4H3,(H,23,25,26). The van der Waals surface area contributed by atoms with E-state index in [4.69, 9.17) is 14.1 Å². The molecule has 1 amide bonds. The minimum Gasteiger partial charge on any atom is -0.494 e. The van der Waals surface area contributed by atoms with Gasteiger partial charge in [-0.15, -0.1) is 0 Å². The van der Waals surface area contributed by atoms with Crippen molar-refractivity contribution in [3.8, 4) is 22.8 Å². The first-order valence-electron chi connectivity index (χ1n) is 9.57. The summed E-state index contributed by atoms with van der Waals surface area (Å²) >= 11 is 0. The van der Waals surface area contributed by atoms with Crippen LogP contribution in [0.25, 0.3) is 11.3 Å². The number of carbonyl (C=O) groups is 1. The second-order valence-electron chi connectivity index (χ2n) is 6.95. The maximum atomic E-state index is 12.4. The molecule has 7 heteroatoms. The van der Waals surface area contributed by atoms with Crippen molar-refractivity contribution in [2.24, 2.45) is 0 Å². The van der Waals surface area contributed by atoms with Crippen LogP contribution in [0.2, 0.25) is 0 Å². The fourth-order valence-electron chi connectivity index (χ4n) is 2.89. The topological polar surface area (TPSA) is 86.5 Å². The van der Waals surface area contributed by atoms with Crippen molar-refractivity contribution < 1.29 is 18.9 Å². The summed E-state index contributed by atoms with van der Waals surface area (Å²) in [6, 6.07) is 13.3. The molecule has 0 aliphatic rings. The van der Waals surface area contributed by atoms with E-state index in [1.165, 1.54) is 0 Å². The molecule has 1 N–H and O–H groups in total. The summed E-state index contributed by atoms with van der Waals surface area (Å²) in [6.45, 7) is 8.53. The van der Waals surface area contributed by atoms with Crippen molar-refractivity contribution in [1.82, 2.24) is 10.3 Å². The number of nitrogens with one attached hydrogen (secondary N) is 1. The number of nitrogens with zero attached hydrogens (tertiary/aromatic N) is 2. The van der Waals surface area contributed by atoms with Crippen LogP contribution in [0.5, 0.6) is 11.5 Å². The smallest absolute Gasteiger partial charge is 0.263 e. The highest BCUT2D eigenvalue weighted by molar-refractivity contribution is 5.94. The summed E-state index contributed by atoms with van der Waals surface area (Å²) in [4.78, 5) is 12.4. The molecule has 0 radical (unpaired) electrons. The van der Waals surface area contributed by atoms with Crippen molar-refractivity contribution >= 4 is 11.7 Å². The Morgan fingerprint density at radius 2 is 1.86 bits per heavy atom. The van der Waals surface area contributed by atoms with Crippen LogP contribution in [0.15, 0.2) is 47.1 Å². The highest BCUT2D eigenvalue weighted by Crippen LogP contribution is 2.28. The third kappa shape index (κ3) is 5.13. The molecule has 0 atom stereocenters. The minimum atomic E-state index is -0.343. The highest BCUT2D eigenvalue weighted by atomic mass is 16.6. The highest BCUT2D eigenvalue weighted by Gasteiger charge is 2.16. The predicted octanol–water partition coefficient (Wildman–Crippen LogP) is 4.58. The zero-order valence-corrected chi connectivity index (χ0v) is 17.1. The van der Waals surface area contributed by atoms with Gasteiger partial charge in [-0.25, -0.2) is 4.63 Å². The molecule has 0 aliphatic carbocycles. The number of carbonyl (C=O) groups excluding carboxylic acids is 1. The number of benzene rings is 2. The Hall–Kier alpha value is -3.35. The molecule has 0 bridgehead atoms. The van der Waals surface area contributed by atoms with E-state index in [2.05, 4.69) is 29.5 Å². The molecule has 0 saturated carbocycles. The Labute approximate surface area is 170 Å². The van der Waals surface area contributed by atoms with Gasteiger partial charge in [0.05, 0.1) is 6.61 Å². The summed E-state index contributed by atoms with van der Waals surface area (Å²) in [5.41, 5.74) is 3.33. The van der Waals surface area contributed by atoms with Gasteiger partial charge >= 0.3 is 0 Å². The van der Waals surface area contributed by atoms with Gasteiger partial charge in [0.1, 0.15) is 11.5 Å². The number of anilines is 1. The first-order chi connectivity index (χ1) is 14.0. The molecule has 0 saturated heterocycles. The van der Waals surface area contributed by atoms with Crippen molar-refractivity contribution in [2.45, 2.75) is 33.6 Å². The summed E-state index contributed by atoms with van der Waals surface area (Å²) < 4.78 is 16.0. The molecule has 3 aromatic rings. The fraction of sp³-hybridized carbons (Fsp3) is 0.318. The lowest BCUT2D eigenvalue weighted by Crippen LogP contribution is -2.21. The average molecular weight is 395 g/mol. The van der Waals surface area contributed by atoms with E-state index in [1.54, 1.807) is 0 Å². The van der Waals surface area contributed by atoms with Crippen LogP contribution in [-0.4, -0.2) is 29.4 Å². The largest absolute Gasteiger partial charge is 0.494 e. The quantitative estimate of drug-likeness (QED) is 0.601. The lowest BCUT2D eigenvalue weighted by atomic mass is 10.0. The second-order valence-corrected chi connectivity index (χ2v) is 6.95. The summed E-state index contributed by atoms with van der Waals surface area (Å²) in [5, 5.41) is 10.4. The van der Waals surface area contributed by atoms with E-state index in [1.807, 2.05) is 56.3 Å². The van der Waals surface area contributed by atoms with Crippen LogP contribution in [0.3, 0.4) is 0 Å². The molecule has 0 unspecified atom stereocenters. The molecular weight excluding hydrogens is 370 g/mol. The van der Waals surface area contributed by atoms with Crippen molar-refractivity contribution in [2.75, 3.05) is 18.5 Å². The van der Waals surface area contributed by atoms with Gasteiger partial charge in [-0.3, -0.25) is 4.79 Å². The SMILES string of the molecule is CCOc1ccc(-c2nonc2NC(=O)COc2cc(C)ccc2C(C)C)cc1. The van der Waals surface area contributed by atoms with Gasteiger partial charge in [-0.05, 0) is 71.5 Å². The number of aryl methyl sites for hydroxylation is 1. The number of aromatic nitrogens is 2. The molecule has 1 heterocycles. The molecular formula is C22H25N3O4. The number of amides is 1. The van der Waals surface area contributed by atoms with Gasteiger partial charge in [0, 0.05) is 5.56 Å². The van der Waals surface area contributed by atoms with Crippen LogP contribution in [-0.2, 0) is 4.79 Å². The molecule has 0 fully saturated rings. The van der Waals surface area contributed by atoms with Crippen molar-refractivity contribution in [3.63, 3.8) is 0 Å². The molecule has 0 aliphatic heterocycles. The molecule has 29 heavy (non-hydrogen) atoms. The van der Waals surface area contributed by atoms with Gasteiger partial charge < -0.3 is 14.8 Å². The first kappa shape index (κ1) is 20.4. The van der Waals surface area contributed by atoms with Gasteiger partial charge in [-0.1, -0.05) is 26.0 Å². The predicted molar refractivity (Wildman–Crippen MR) is 110 cm³/mol. The molecule has 152 valence electrons. The van der Waals surface area contributed by atoms with E-state index in [0.29, 0.717) is 24.0 Å². The molecule has 2 aromatic carbocycles. The fourth-order valence-corrected chi connectivity index (χ4v) is 2.89. The first-order valence-corrected chi connectivity index (χ1v) is 9.57. The van der Waals surface area contributed by atoms with E-state index < -0.39 is 0 Å². The van der Waals surface area contributed by atoms with E-state index >= 15 is 0 Å². The summed E-state index contributed by atoms with van der Waals surface area (Å²) in [6.07, 6.45) is 0. The maximum Gasteiger partial charge on any atom is 0.263 e. The summed E-state index contributed by atoms with van der Waals surface area (Å²) in [7, 11) is 0. The Morgan fingerprint density at radius 3 is 2.55 bits per heavy atom. The molecule has 7 nitrogen and oxygen atoms in total. The zero-order chi connectivity index (χ0) is 20.8. The number of hydrogen-bond acceptors (Lipinski definition) is 6. The summed E-state index contributed by atoms with van der Waals surface area (Å²) in [5.74, 6) is 1.66. The number of rotatable bonds is 8. The Morgan fingerprint density at radius 1 is 1.10 bits per heavy atom. The molecule has 0 spiro atoms. The van der Waals surface area contributed by atoms with Crippen LogP contribution in [0.1, 0.15) is 37.8 Å². The van der Waals surface area contributed by atoms with Gasteiger partial charge in [0.25, 0.3) is 5.91 Å². The third-order valence-electron chi connectivity index (χ3n) is 4.33. The van der Waals surface area contributed by atoms with E-state index in [0.717, 1.165) is 22.4 Å². The number of ether oxygens (including phenoxy) is 2. The van der Waals surface area contributed by atoms with Crippen molar-refractivity contribution in [3.05, 3.63) is 53.6 Å². The van der Waals surface area contributed by atoms with Crippen molar-refractivity contribution in [1.29, 1.82) is 0 Å². The Balaban J connectivity index is 1.67. The van der Waals surface area contributed by atoms with Crippen LogP contribution < -0.4 is 14.8 Å². The Kier molecular flexibility index (Phi) is 6.49. The van der Waals surface area contributed by atoms with Gasteiger partial charge in [-0.2, -0.15) is 0 Å². The Bertz CT molecular complexity index is 964. The second kappa shape index (κ2) is 9.23. The van der Waals surface area contributed by atoms with Crippen LogP contribution >= 0.6 is 0 Å². The van der Waals surface area contributed by atoms with E-state index in [9.17, 15) is 4.79 Å². The molecule has 1 aromatic heterocycles. The average Bonchev–Trinajstić information content (AvgIpc) is 3.15.